The summed E-state index contributed by atoms with van der Waals surface area (Å²) in [5, 5.41) is 2.31. The van der Waals surface area contributed by atoms with Gasteiger partial charge in [0.1, 0.15) is 11.8 Å². The predicted molar refractivity (Wildman–Crippen MR) is 87.7 cm³/mol. The second-order valence-electron chi connectivity index (χ2n) is 7.32. The second kappa shape index (κ2) is 5.61. The van der Waals surface area contributed by atoms with Crippen molar-refractivity contribution >= 4 is 17.7 Å². The van der Waals surface area contributed by atoms with Crippen LogP contribution in [0.15, 0.2) is 12.1 Å². The molecule has 0 spiro atoms. The number of benzene rings is 1. The zero-order valence-electron chi connectivity index (χ0n) is 14.4. The van der Waals surface area contributed by atoms with Gasteiger partial charge >= 0.3 is 0 Å². The van der Waals surface area contributed by atoms with E-state index < -0.39 is 11.9 Å². The van der Waals surface area contributed by atoms with Gasteiger partial charge in [0.15, 0.2) is 0 Å². The number of rotatable bonds is 2. The van der Waals surface area contributed by atoms with Crippen molar-refractivity contribution in [1.82, 2.24) is 10.2 Å². The van der Waals surface area contributed by atoms with Gasteiger partial charge in [-0.05, 0) is 23.5 Å². The van der Waals surface area contributed by atoms with Crippen LogP contribution in [0.4, 0.5) is 0 Å². The first-order chi connectivity index (χ1) is 11.2. The molecule has 0 bridgehead atoms. The Kier molecular flexibility index (Phi) is 3.86. The summed E-state index contributed by atoms with van der Waals surface area (Å²) in [5.74, 6) is -0.156. The summed E-state index contributed by atoms with van der Waals surface area (Å²) in [4.78, 5) is 37.7. The molecule has 6 nitrogen and oxygen atoms in total. The van der Waals surface area contributed by atoms with Crippen molar-refractivity contribution in [3.63, 3.8) is 0 Å². The van der Waals surface area contributed by atoms with Crippen LogP contribution in [-0.2, 0) is 21.5 Å². The first-order valence-corrected chi connectivity index (χ1v) is 8.09. The summed E-state index contributed by atoms with van der Waals surface area (Å²) in [6.45, 7) is 6.59. The van der Waals surface area contributed by atoms with Gasteiger partial charge in [-0.3, -0.25) is 19.7 Å². The number of hydrogen-bond acceptors (Lipinski definition) is 4. The number of hydrogen-bond donors (Lipinski definition) is 1. The van der Waals surface area contributed by atoms with Gasteiger partial charge in [0.05, 0.1) is 13.7 Å². The Hall–Kier alpha value is -2.37. The van der Waals surface area contributed by atoms with Crippen LogP contribution in [0.2, 0.25) is 0 Å². The molecule has 2 aliphatic rings. The fourth-order valence-corrected chi connectivity index (χ4v) is 3.44. The van der Waals surface area contributed by atoms with E-state index in [-0.39, 0.29) is 23.7 Å². The molecule has 3 rings (SSSR count). The average Bonchev–Trinajstić information content (AvgIpc) is 2.82. The fraction of sp³-hybridized carbons (Fsp3) is 0.500. The molecular formula is C18H22N2O4. The lowest BCUT2D eigenvalue weighted by molar-refractivity contribution is -0.136. The molecule has 1 unspecified atom stereocenters. The van der Waals surface area contributed by atoms with E-state index in [1.807, 2.05) is 12.1 Å². The monoisotopic (exact) mass is 330 g/mol. The summed E-state index contributed by atoms with van der Waals surface area (Å²) in [7, 11) is 1.60. The predicted octanol–water partition coefficient (Wildman–Crippen LogP) is 1.75. The molecule has 0 saturated carbocycles. The number of amides is 3. The summed E-state index contributed by atoms with van der Waals surface area (Å²) in [6, 6.07) is 3.13. The normalized spacial score (nSPS) is 20.9. The number of nitrogens with one attached hydrogen (secondary N) is 1. The summed E-state index contributed by atoms with van der Waals surface area (Å²) in [5.41, 5.74) is 2.30. The number of nitrogens with zero attached hydrogens (tertiary/aromatic N) is 1. The van der Waals surface area contributed by atoms with Gasteiger partial charge in [-0.25, -0.2) is 0 Å². The van der Waals surface area contributed by atoms with Crippen molar-refractivity contribution in [2.45, 2.75) is 51.6 Å². The minimum absolute atomic E-state index is 0.120. The Morgan fingerprint density at radius 1 is 1.21 bits per heavy atom. The molecule has 1 atom stereocenters. The topological polar surface area (TPSA) is 75.7 Å². The number of methoxy groups -OCH3 is 1. The maximum Gasteiger partial charge on any atom is 0.255 e. The second-order valence-corrected chi connectivity index (χ2v) is 7.32. The van der Waals surface area contributed by atoms with Crippen molar-refractivity contribution in [2.75, 3.05) is 7.11 Å². The Morgan fingerprint density at radius 2 is 1.92 bits per heavy atom. The molecule has 3 amide bonds. The van der Waals surface area contributed by atoms with E-state index in [4.69, 9.17) is 4.74 Å². The molecule has 1 saturated heterocycles. The molecule has 6 heteroatoms. The standard InChI is InChI=1S/C18H22N2O4/c1-18(2,3)12-6-5-10-11(15(12)24-4)9-20(17(10)23)13-7-8-14(21)19-16(13)22/h5-6,13H,7-9H2,1-4H3,(H,19,21,22). The Balaban J connectivity index is 1.98. The van der Waals surface area contributed by atoms with Crippen molar-refractivity contribution < 1.29 is 19.1 Å². The largest absolute Gasteiger partial charge is 0.496 e. The van der Waals surface area contributed by atoms with Gasteiger partial charge in [0.2, 0.25) is 11.8 Å². The lowest BCUT2D eigenvalue weighted by Crippen LogP contribution is -2.52. The third kappa shape index (κ3) is 2.56. The number of fused-ring (bicyclic) bond motifs is 1. The van der Waals surface area contributed by atoms with Crippen LogP contribution in [0, 0.1) is 0 Å². The zero-order chi connectivity index (χ0) is 17.6. The molecule has 128 valence electrons. The Morgan fingerprint density at radius 3 is 2.50 bits per heavy atom. The van der Waals surface area contributed by atoms with Crippen molar-refractivity contribution in [1.29, 1.82) is 0 Å². The van der Waals surface area contributed by atoms with Crippen LogP contribution in [0.5, 0.6) is 5.75 Å². The SMILES string of the molecule is COc1c(C(C)(C)C)ccc2c1CN(C1CCC(=O)NC1=O)C2=O. The number of carbonyl (C=O) groups excluding carboxylic acids is 3. The molecule has 2 heterocycles. The zero-order valence-corrected chi connectivity index (χ0v) is 14.4. The Bertz CT molecular complexity index is 733. The lowest BCUT2D eigenvalue weighted by atomic mass is 9.84. The van der Waals surface area contributed by atoms with Gasteiger partial charge in [-0.2, -0.15) is 0 Å². The van der Waals surface area contributed by atoms with Crippen molar-refractivity contribution in [3.05, 3.63) is 28.8 Å². The van der Waals surface area contributed by atoms with E-state index >= 15 is 0 Å². The van der Waals surface area contributed by atoms with E-state index in [1.54, 1.807) is 12.0 Å². The van der Waals surface area contributed by atoms with Crippen LogP contribution in [0.1, 0.15) is 55.1 Å². The van der Waals surface area contributed by atoms with Gasteiger partial charge in [0, 0.05) is 17.5 Å². The molecule has 0 aromatic heterocycles. The van der Waals surface area contributed by atoms with Gasteiger partial charge in [-0.15, -0.1) is 0 Å². The van der Waals surface area contributed by atoms with Crippen molar-refractivity contribution in [2.24, 2.45) is 0 Å². The minimum atomic E-state index is -0.606. The summed E-state index contributed by atoms with van der Waals surface area (Å²) in [6.07, 6.45) is 0.611. The molecule has 1 fully saturated rings. The molecular weight excluding hydrogens is 308 g/mol. The smallest absolute Gasteiger partial charge is 0.255 e. The highest BCUT2D eigenvalue weighted by molar-refractivity contribution is 6.05. The molecule has 1 aromatic carbocycles. The molecule has 0 aliphatic carbocycles. The fourth-order valence-electron chi connectivity index (χ4n) is 3.44. The van der Waals surface area contributed by atoms with E-state index in [0.29, 0.717) is 24.3 Å². The number of ether oxygens (including phenoxy) is 1. The van der Waals surface area contributed by atoms with Gasteiger partial charge in [0.25, 0.3) is 5.91 Å². The lowest BCUT2D eigenvalue weighted by Gasteiger charge is -2.29. The summed E-state index contributed by atoms with van der Waals surface area (Å²) < 4.78 is 5.61. The van der Waals surface area contributed by atoms with E-state index in [0.717, 1.165) is 11.1 Å². The van der Waals surface area contributed by atoms with Crippen LogP contribution < -0.4 is 10.1 Å². The first kappa shape index (κ1) is 16.5. The van der Waals surface area contributed by atoms with E-state index in [9.17, 15) is 14.4 Å². The first-order valence-electron chi connectivity index (χ1n) is 8.09. The third-order valence-corrected chi connectivity index (χ3v) is 4.68. The highest BCUT2D eigenvalue weighted by Gasteiger charge is 2.41. The number of carbonyl (C=O) groups is 3. The molecule has 2 aliphatic heterocycles. The summed E-state index contributed by atoms with van der Waals surface area (Å²) >= 11 is 0. The minimum Gasteiger partial charge on any atom is -0.496 e. The third-order valence-electron chi connectivity index (χ3n) is 4.68. The van der Waals surface area contributed by atoms with E-state index in [1.165, 1.54) is 0 Å². The molecule has 1 N–H and O–H groups in total. The van der Waals surface area contributed by atoms with Crippen LogP contribution >= 0.6 is 0 Å². The molecule has 0 radical (unpaired) electrons. The molecule has 24 heavy (non-hydrogen) atoms. The molecule has 1 aromatic rings. The average molecular weight is 330 g/mol. The highest BCUT2D eigenvalue weighted by Crippen LogP contribution is 2.40. The Labute approximate surface area is 141 Å². The maximum atomic E-state index is 12.8. The van der Waals surface area contributed by atoms with Crippen LogP contribution in [0.3, 0.4) is 0 Å². The quantitative estimate of drug-likeness (QED) is 0.838. The maximum absolute atomic E-state index is 12.8. The number of imide groups is 1. The van der Waals surface area contributed by atoms with Crippen molar-refractivity contribution in [3.8, 4) is 5.75 Å². The van der Waals surface area contributed by atoms with E-state index in [2.05, 4.69) is 26.1 Å². The van der Waals surface area contributed by atoms with Gasteiger partial charge < -0.3 is 9.64 Å². The highest BCUT2D eigenvalue weighted by atomic mass is 16.5. The van der Waals surface area contributed by atoms with Crippen LogP contribution in [-0.4, -0.2) is 35.8 Å². The van der Waals surface area contributed by atoms with Gasteiger partial charge in [-0.1, -0.05) is 26.8 Å². The number of piperidine rings is 1. The van der Waals surface area contributed by atoms with Crippen LogP contribution in [0.25, 0.3) is 0 Å².